The van der Waals surface area contributed by atoms with Crippen molar-refractivity contribution >= 4 is 5.78 Å². The Morgan fingerprint density at radius 2 is 1.62 bits per heavy atom. The van der Waals surface area contributed by atoms with E-state index in [-0.39, 0.29) is 11.5 Å². The van der Waals surface area contributed by atoms with Gasteiger partial charge in [0.2, 0.25) is 0 Å². The zero-order chi connectivity index (χ0) is 18.1. The van der Waals surface area contributed by atoms with Crippen molar-refractivity contribution < 1.29 is 15.0 Å². The van der Waals surface area contributed by atoms with E-state index in [0.717, 1.165) is 25.9 Å². The summed E-state index contributed by atoms with van der Waals surface area (Å²) in [5.74, 6) is 1.20. The monoisotopic (exact) mass is 351 g/mol. The predicted octanol–water partition coefficient (Wildman–Crippen LogP) is 2.89. The number of nitrogens with zero attached hydrogens (tertiary/aromatic N) is 1. The molecule has 1 aliphatic heterocycles. The molecule has 1 saturated carbocycles. The van der Waals surface area contributed by atoms with E-state index in [1.807, 2.05) is 18.2 Å². The molecule has 1 heterocycles. The Labute approximate surface area is 154 Å². The molecule has 2 N–H and O–H groups in total. The Bertz CT molecular complexity index is 758. The molecule has 1 saturated heterocycles. The van der Waals surface area contributed by atoms with Crippen LogP contribution in [0.4, 0.5) is 0 Å². The van der Waals surface area contributed by atoms with Gasteiger partial charge in [0.25, 0.3) is 0 Å². The molecule has 26 heavy (non-hydrogen) atoms. The highest BCUT2D eigenvalue weighted by Crippen LogP contribution is 2.45. The number of phenols is 1. The molecule has 0 amide bonds. The van der Waals surface area contributed by atoms with Gasteiger partial charge >= 0.3 is 0 Å². The first kappa shape index (κ1) is 17.3. The molecule has 136 valence electrons. The van der Waals surface area contributed by atoms with Crippen LogP contribution in [0.1, 0.15) is 28.8 Å². The molecule has 2 aromatic rings. The molecule has 2 aliphatic rings. The maximum absolute atomic E-state index is 12.4. The first-order valence-corrected chi connectivity index (χ1v) is 9.32. The normalized spacial score (nSPS) is 28.2. The first-order valence-electron chi connectivity index (χ1n) is 9.32. The topological polar surface area (TPSA) is 60.8 Å². The molecule has 2 fully saturated rings. The molecule has 4 rings (SSSR count). The highest BCUT2D eigenvalue weighted by molar-refractivity contribution is 5.97. The van der Waals surface area contributed by atoms with Gasteiger partial charge in [-0.15, -0.1) is 0 Å². The van der Waals surface area contributed by atoms with Gasteiger partial charge in [-0.25, -0.2) is 0 Å². The third-order valence-electron chi connectivity index (χ3n) is 5.87. The van der Waals surface area contributed by atoms with E-state index < -0.39 is 5.60 Å². The number of benzene rings is 2. The Morgan fingerprint density at radius 1 is 1.00 bits per heavy atom. The molecule has 2 unspecified atom stereocenters. The van der Waals surface area contributed by atoms with Crippen molar-refractivity contribution in [3.8, 4) is 5.75 Å². The maximum Gasteiger partial charge on any atom is 0.176 e. The number of phenolic OH excluding ortho intramolecular Hbond substituents is 1. The van der Waals surface area contributed by atoms with Crippen LogP contribution in [0.3, 0.4) is 0 Å². The number of hydrogen-bond acceptors (Lipinski definition) is 4. The number of carbonyl (C=O) groups excluding carboxylic acids is 1. The van der Waals surface area contributed by atoms with Gasteiger partial charge in [-0.1, -0.05) is 30.3 Å². The van der Waals surface area contributed by atoms with E-state index in [1.165, 1.54) is 5.56 Å². The average molecular weight is 351 g/mol. The summed E-state index contributed by atoms with van der Waals surface area (Å²) in [5, 5.41) is 20.4. The lowest BCUT2D eigenvalue weighted by molar-refractivity contribution is 0.0355. The van der Waals surface area contributed by atoms with E-state index >= 15 is 0 Å². The van der Waals surface area contributed by atoms with E-state index in [2.05, 4.69) is 17.0 Å². The summed E-state index contributed by atoms with van der Waals surface area (Å²) in [6.07, 6.45) is 2.35. The molecule has 2 aromatic carbocycles. The van der Waals surface area contributed by atoms with Crippen LogP contribution in [0.2, 0.25) is 0 Å². The highest BCUT2D eigenvalue weighted by atomic mass is 16.3. The largest absolute Gasteiger partial charge is 0.508 e. The predicted molar refractivity (Wildman–Crippen MR) is 100 cm³/mol. The third-order valence-corrected chi connectivity index (χ3v) is 5.87. The SMILES string of the molecule is O=C(CN1CC2CC(O)(Cc3ccccc3)CC2C1)c1ccc(O)cc1. The van der Waals surface area contributed by atoms with E-state index in [4.69, 9.17) is 0 Å². The fourth-order valence-electron chi connectivity index (χ4n) is 4.75. The summed E-state index contributed by atoms with van der Waals surface area (Å²) in [4.78, 5) is 14.6. The lowest BCUT2D eigenvalue weighted by Crippen LogP contribution is -2.34. The minimum absolute atomic E-state index is 0.0875. The molecule has 0 spiro atoms. The van der Waals surface area contributed by atoms with Crippen LogP contribution in [-0.2, 0) is 6.42 Å². The number of aliphatic hydroxyl groups is 1. The van der Waals surface area contributed by atoms with Crippen molar-refractivity contribution in [2.75, 3.05) is 19.6 Å². The summed E-state index contributed by atoms with van der Waals surface area (Å²) >= 11 is 0. The average Bonchev–Trinajstić information content (AvgIpc) is 3.10. The summed E-state index contributed by atoms with van der Waals surface area (Å²) in [7, 11) is 0. The molecule has 4 nitrogen and oxygen atoms in total. The highest BCUT2D eigenvalue weighted by Gasteiger charge is 2.48. The Kier molecular flexibility index (Phi) is 4.55. The molecule has 1 aliphatic carbocycles. The summed E-state index contributed by atoms with van der Waals surface area (Å²) in [6, 6.07) is 16.6. The Hall–Kier alpha value is -2.17. The van der Waals surface area contributed by atoms with Crippen molar-refractivity contribution in [3.05, 3.63) is 65.7 Å². The smallest absolute Gasteiger partial charge is 0.176 e. The zero-order valence-corrected chi connectivity index (χ0v) is 14.8. The first-order chi connectivity index (χ1) is 12.5. The van der Waals surface area contributed by atoms with Crippen molar-refractivity contribution in [1.82, 2.24) is 4.90 Å². The molecule has 0 aromatic heterocycles. The van der Waals surface area contributed by atoms with Crippen LogP contribution in [0.15, 0.2) is 54.6 Å². The third kappa shape index (κ3) is 3.67. The van der Waals surface area contributed by atoms with Crippen LogP contribution < -0.4 is 0 Å². The summed E-state index contributed by atoms with van der Waals surface area (Å²) in [5.41, 5.74) is 1.22. The Morgan fingerprint density at radius 3 is 2.23 bits per heavy atom. The van der Waals surface area contributed by atoms with E-state index in [0.29, 0.717) is 30.4 Å². The number of fused-ring (bicyclic) bond motifs is 1. The minimum atomic E-state index is -0.607. The molecular weight excluding hydrogens is 326 g/mol. The van der Waals surface area contributed by atoms with Crippen molar-refractivity contribution in [2.24, 2.45) is 11.8 Å². The quantitative estimate of drug-likeness (QED) is 0.813. The second kappa shape index (κ2) is 6.86. The van der Waals surface area contributed by atoms with Gasteiger partial charge in [0.1, 0.15) is 5.75 Å². The summed E-state index contributed by atoms with van der Waals surface area (Å²) in [6.45, 7) is 2.17. The van der Waals surface area contributed by atoms with Gasteiger partial charge in [-0.3, -0.25) is 9.69 Å². The number of hydrogen-bond donors (Lipinski definition) is 2. The van der Waals surface area contributed by atoms with Crippen molar-refractivity contribution in [1.29, 1.82) is 0 Å². The molecule has 0 radical (unpaired) electrons. The number of aromatic hydroxyl groups is 1. The number of Topliss-reactive ketones (excluding diaryl/α,β-unsaturated/α-hetero) is 1. The van der Waals surface area contributed by atoms with Gasteiger partial charge in [-0.2, -0.15) is 0 Å². The zero-order valence-electron chi connectivity index (χ0n) is 14.8. The second-order valence-corrected chi connectivity index (χ2v) is 7.98. The lowest BCUT2D eigenvalue weighted by atomic mass is 9.91. The maximum atomic E-state index is 12.4. The van der Waals surface area contributed by atoms with E-state index in [9.17, 15) is 15.0 Å². The number of likely N-dealkylation sites (tertiary alicyclic amines) is 1. The van der Waals surface area contributed by atoms with Gasteiger partial charge < -0.3 is 10.2 Å². The number of carbonyl (C=O) groups is 1. The minimum Gasteiger partial charge on any atom is -0.508 e. The number of rotatable bonds is 5. The van der Waals surface area contributed by atoms with Crippen molar-refractivity contribution in [3.63, 3.8) is 0 Å². The van der Waals surface area contributed by atoms with E-state index in [1.54, 1.807) is 24.3 Å². The summed E-state index contributed by atoms with van der Waals surface area (Å²) < 4.78 is 0. The number of ketones is 1. The standard InChI is InChI=1S/C22H25NO3/c24-20-8-6-17(7-9-20)21(25)15-23-13-18-11-22(26,12-19(18)14-23)10-16-4-2-1-3-5-16/h1-9,18-19,24,26H,10-15H2. The van der Waals surface area contributed by atoms with Crippen LogP contribution in [-0.4, -0.2) is 46.1 Å². The van der Waals surface area contributed by atoms with Crippen LogP contribution in [0.25, 0.3) is 0 Å². The van der Waals surface area contributed by atoms with Gasteiger partial charge in [-0.05, 0) is 54.5 Å². The van der Waals surface area contributed by atoms with Crippen molar-refractivity contribution in [2.45, 2.75) is 24.9 Å². The second-order valence-electron chi connectivity index (χ2n) is 7.98. The fraction of sp³-hybridized carbons (Fsp3) is 0.409. The van der Waals surface area contributed by atoms with Crippen LogP contribution in [0.5, 0.6) is 5.75 Å². The van der Waals surface area contributed by atoms with Gasteiger partial charge in [0, 0.05) is 25.1 Å². The van der Waals surface area contributed by atoms with Gasteiger partial charge in [0.15, 0.2) is 5.78 Å². The molecule has 4 heteroatoms. The van der Waals surface area contributed by atoms with Crippen LogP contribution >= 0.6 is 0 Å². The Balaban J connectivity index is 1.33. The molecular formula is C22H25NO3. The van der Waals surface area contributed by atoms with Gasteiger partial charge in [0.05, 0.1) is 12.1 Å². The lowest BCUT2D eigenvalue weighted by Gasteiger charge is -2.26. The fourth-order valence-corrected chi connectivity index (χ4v) is 4.75. The van der Waals surface area contributed by atoms with Crippen LogP contribution in [0, 0.1) is 11.8 Å². The molecule has 0 bridgehead atoms. The molecule has 2 atom stereocenters.